The monoisotopic (exact) mass is 231 g/mol. The summed E-state index contributed by atoms with van der Waals surface area (Å²) in [5.41, 5.74) is 5.39. The fraction of sp³-hybridized carbons (Fsp3) is 0.909. The van der Waals surface area contributed by atoms with E-state index in [0.717, 1.165) is 0 Å². The van der Waals surface area contributed by atoms with Crippen LogP contribution in [0.3, 0.4) is 0 Å². The molecule has 0 fully saturated rings. The SMILES string of the molecule is COC(CN)CC(=O)NCC(C)(C)N(C)C. The average Bonchev–Trinajstić information content (AvgIpc) is 2.23. The molecule has 0 heterocycles. The zero-order valence-electron chi connectivity index (χ0n) is 11.0. The van der Waals surface area contributed by atoms with Crippen LogP contribution >= 0.6 is 0 Å². The Morgan fingerprint density at radius 3 is 2.44 bits per heavy atom. The third kappa shape index (κ3) is 5.44. The number of nitrogens with two attached hydrogens (primary N) is 1. The number of nitrogens with one attached hydrogen (secondary N) is 1. The Hall–Kier alpha value is -0.650. The first-order chi connectivity index (χ1) is 7.33. The minimum atomic E-state index is -0.192. The van der Waals surface area contributed by atoms with Crippen LogP contribution in [0.5, 0.6) is 0 Å². The molecule has 1 unspecified atom stereocenters. The maximum atomic E-state index is 11.6. The van der Waals surface area contributed by atoms with Crippen LogP contribution < -0.4 is 11.1 Å². The summed E-state index contributed by atoms with van der Waals surface area (Å²) in [5, 5.41) is 2.89. The van der Waals surface area contributed by atoms with Crippen molar-refractivity contribution in [2.24, 2.45) is 5.73 Å². The Bertz CT molecular complexity index is 213. The quantitative estimate of drug-likeness (QED) is 0.637. The van der Waals surface area contributed by atoms with E-state index in [-0.39, 0.29) is 17.6 Å². The van der Waals surface area contributed by atoms with Gasteiger partial charge in [0.05, 0.1) is 12.5 Å². The molecule has 1 amide bonds. The standard InChI is InChI=1S/C11H25N3O2/c1-11(2,14(3)4)8-13-10(15)6-9(7-12)16-5/h9H,6-8,12H2,1-5H3,(H,13,15). The van der Waals surface area contributed by atoms with E-state index in [0.29, 0.717) is 19.5 Å². The molecule has 0 aromatic carbocycles. The predicted octanol–water partition coefficient (Wildman–Crippen LogP) is -0.193. The number of carbonyl (C=O) groups excluding carboxylic acids is 1. The third-order valence-electron chi connectivity index (χ3n) is 2.94. The van der Waals surface area contributed by atoms with Crippen molar-refractivity contribution < 1.29 is 9.53 Å². The van der Waals surface area contributed by atoms with E-state index in [1.807, 2.05) is 14.1 Å². The van der Waals surface area contributed by atoms with Gasteiger partial charge < -0.3 is 20.7 Å². The van der Waals surface area contributed by atoms with Gasteiger partial charge in [-0.25, -0.2) is 0 Å². The molecular weight excluding hydrogens is 206 g/mol. The van der Waals surface area contributed by atoms with Gasteiger partial charge in [0.2, 0.25) is 5.91 Å². The number of carbonyl (C=O) groups is 1. The highest BCUT2D eigenvalue weighted by Gasteiger charge is 2.21. The molecule has 0 bridgehead atoms. The highest BCUT2D eigenvalue weighted by Crippen LogP contribution is 2.07. The summed E-state index contributed by atoms with van der Waals surface area (Å²) >= 11 is 0. The van der Waals surface area contributed by atoms with Crippen molar-refractivity contribution in [2.45, 2.75) is 31.9 Å². The fourth-order valence-corrected chi connectivity index (χ4v) is 1.01. The van der Waals surface area contributed by atoms with Crippen molar-refractivity contribution in [3.63, 3.8) is 0 Å². The summed E-state index contributed by atoms with van der Waals surface area (Å²) in [6.07, 6.45) is 0.124. The lowest BCUT2D eigenvalue weighted by atomic mass is 10.0. The van der Waals surface area contributed by atoms with E-state index in [9.17, 15) is 4.79 Å². The Labute approximate surface area is 98.3 Å². The van der Waals surface area contributed by atoms with Crippen LogP contribution in [0.4, 0.5) is 0 Å². The number of hydrogen-bond donors (Lipinski definition) is 2. The smallest absolute Gasteiger partial charge is 0.222 e. The molecule has 5 nitrogen and oxygen atoms in total. The van der Waals surface area contributed by atoms with Crippen molar-refractivity contribution in [2.75, 3.05) is 34.3 Å². The molecule has 0 rings (SSSR count). The third-order valence-corrected chi connectivity index (χ3v) is 2.94. The van der Waals surface area contributed by atoms with Crippen LogP contribution in [0.1, 0.15) is 20.3 Å². The molecule has 0 saturated heterocycles. The first kappa shape index (κ1) is 15.3. The molecule has 3 N–H and O–H groups in total. The van der Waals surface area contributed by atoms with Crippen LogP contribution in [0.15, 0.2) is 0 Å². The second kappa shape index (κ2) is 6.83. The molecule has 0 spiro atoms. The van der Waals surface area contributed by atoms with E-state index in [1.165, 1.54) is 0 Å². The van der Waals surface area contributed by atoms with Crippen molar-refractivity contribution in [3.8, 4) is 0 Å². The van der Waals surface area contributed by atoms with Gasteiger partial charge >= 0.3 is 0 Å². The van der Waals surface area contributed by atoms with Crippen molar-refractivity contribution >= 4 is 5.91 Å². The van der Waals surface area contributed by atoms with Gasteiger partial charge in [-0.2, -0.15) is 0 Å². The molecule has 16 heavy (non-hydrogen) atoms. The number of ether oxygens (including phenoxy) is 1. The summed E-state index contributed by atoms with van der Waals surface area (Å²) in [6, 6.07) is 0. The van der Waals surface area contributed by atoms with Crippen molar-refractivity contribution in [1.82, 2.24) is 10.2 Å². The zero-order chi connectivity index (χ0) is 12.8. The summed E-state index contributed by atoms with van der Waals surface area (Å²) in [7, 11) is 5.54. The maximum Gasteiger partial charge on any atom is 0.222 e. The molecule has 5 heteroatoms. The van der Waals surface area contributed by atoms with Crippen LogP contribution in [0, 0.1) is 0 Å². The number of likely N-dealkylation sites (N-methyl/N-ethyl adjacent to an activating group) is 1. The second-order valence-electron chi connectivity index (χ2n) is 4.78. The first-order valence-corrected chi connectivity index (χ1v) is 5.50. The Kier molecular flexibility index (Phi) is 6.55. The van der Waals surface area contributed by atoms with E-state index < -0.39 is 0 Å². The number of amides is 1. The minimum absolute atomic E-state index is 0.0211. The lowest BCUT2D eigenvalue weighted by Crippen LogP contribution is -2.48. The number of rotatable bonds is 7. The van der Waals surface area contributed by atoms with E-state index in [2.05, 4.69) is 24.1 Å². The van der Waals surface area contributed by atoms with Gasteiger partial charge in [0.1, 0.15) is 0 Å². The summed E-state index contributed by atoms with van der Waals surface area (Å²) in [6.45, 7) is 5.12. The van der Waals surface area contributed by atoms with Crippen molar-refractivity contribution in [1.29, 1.82) is 0 Å². The van der Waals surface area contributed by atoms with E-state index >= 15 is 0 Å². The number of nitrogens with zero attached hydrogens (tertiary/aromatic N) is 1. The Morgan fingerprint density at radius 1 is 1.50 bits per heavy atom. The average molecular weight is 231 g/mol. The lowest BCUT2D eigenvalue weighted by molar-refractivity contribution is -0.123. The Morgan fingerprint density at radius 2 is 2.06 bits per heavy atom. The first-order valence-electron chi connectivity index (χ1n) is 5.50. The van der Waals surface area contributed by atoms with Gasteiger partial charge in [-0.15, -0.1) is 0 Å². The Balaban J connectivity index is 3.98. The van der Waals surface area contributed by atoms with Gasteiger partial charge in [0.15, 0.2) is 0 Å². The van der Waals surface area contributed by atoms with Crippen LogP contribution in [-0.2, 0) is 9.53 Å². The molecule has 0 saturated carbocycles. The van der Waals surface area contributed by atoms with Gasteiger partial charge in [0.25, 0.3) is 0 Å². The van der Waals surface area contributed by atoms with Gasteiger partial charge in [-0.05, 0) is 27.9 Å². The molecule has 1 atom stereocenters. The minimum Gasteiger partial charge on any atom is -0.380 e. The molecular formula is C11H25N3O2. The second-order valence-corrected chi connectivity index (χ2v) is 4.78. The highest BCUT2D eigenvalue weighted by atomic mass is 16.5. The van der Waals surface area contributed by atoms with Crippen LogP contribution in [0.25, 0.3) is 0 Å². The zero-order valence-corrected chi connectivity index (χ0v) is 11.0. The molecule has 0 aliphatic heterocycles. The fourth-order valence-electron chi connectivity index (χ4n) is 1.01. The number of methoxy groups -OCH3 is 1. The van der Waals surface area contributed by atoms with E-state index in [4.69, 9.17) is 10.5 Å². The topological polar surface area (TPSA) is 67.6 Å². The van der Waals surface area contributed by atoms with Gasteiger partial charge in [-0.3, -0.25) is 4.79 Å². The largest absolute Gasteiger partial charge is 0.380 e. The summed E-state index contributed by atoms with van der Waals surface area (Å²) in [5.74, 6) is -0.0211. The van der Waals surface area contributed by atoms with Crippen LogP contribution in [-0.4, -0.2) is 56.7 Å². The summed E-state index contributed by atoms with van der Waals surface area (Å²) < 4.78 is 5.05. The molecule has 0 aliphatic carbocycles. The maximum absolute atomic E-state index is 11.6. The molecule has 0 radical (unpaired) electrons. The molecule has 0 aromatic heterocycles. The normalized spacial score (nSPS) is 13.9. The predicted molar refractivity (Wildman–Crippen MR) is 65.2 cm³/mol. The van der Waals surface area contributed by atoms with Gasteiger partial charge in [-0.1, -0.05) is 0 Å². The van der Waals surface area contributed by atoms with Gasteiger partial charge in [0, 0.05) is 25.7 Å². The lowest BCUT2D eigenvalue weighted by Gasteiger charge is -2.32. The van der Waals surface area contributed by atoms with Crippen molar-refractivity contribution in [3.05, 3.63) is 0 Å². The molecule has 0 aliphatic rings. The highest BCUT2D eigenvalue weighted by molar-refractivity contribution is 5.76. The van der Waals surface area contributed by atoms with E-state index in [1.54, 1.807) is 7.11 Å². The number of hydrogen-bond acceptors (Lipinski definition) is 4. The summed E-state index contributed by atoms with van der Waals surface area (Å²) in [4.78, 5) is 13.6. The van der Waals surface area contributed by atoms with Crippen LogP contribution in [0.2, 0.25) is 0 Å². The molecule has 96 valence electrons. The molecule has 0 aromatic rings.